The van der Waals surface area contributed by atoms with E-state index in [0.29, 0.717) is 17.8 Å². The van der Waals surface area contributed by atoms with Crippen LogP contribution in [0.1, 0.15) is 74.4 Å². The number of rotatable bonds is 0. The zero-order chi connectivity index (χ0) is 24.9. The van der Waals surface area contributed by atoms with Crippen LogP contribution in [0.15, 0.2) is 28.7 Å². The third-order valence-electron chi connectivity index (χ3n) is 9.70. The third-order valence-corrected chi connectivity index (χ3v) is 9.70. The highest BCUT2D eigenvalue weighted by Gasteiger charge is 2.43. The zero-order valence-corrected chi connectivity index (χ0v) is 22.1. The third kappa shape index (κ3) is 3.03. The number of aliphatic hydroxyl groups excluding tert-OH is 1. The number of nitrogens with one attached hydrogen (secondary N) is 4. The molecule has 4 aliphatic rings. The predicted octanol–water partition coefficient (Wildman–Crippen LogP) is 3.93. The molecule has 5 heteroatoms. The quantitative estimate of drug-likeness (QED) is 0.405. The van der Waals surface area contributed by atoms with Gasteiger partial charge in [0.15, 0.2) is 0 Å². The van der Waals surface area contributed by atoms with Crippen molar-refractivity contribution in [3.8, 4) is 0 Å². The van der Waals surface area contributed by atoms with Crippen LogP contribution in [0.3, 0.4) is 0 Å². The minimum atomic E-state index is -0.482. The number of allylic oxidation sites excluding steroid dienone is 3. The van der Waals surface area contributed by atoms with Crippen molar-refractivity contribution in [1.82, 2.24) is 20.6 Å². The number of hydrogen-bond acceptors (Lipinski definition) is 3. The first kappa shape index (κ1) is 22.5. The summed E-state index contributed by atoms with van der Waals surface area (Å²) in [5, 5.41) is 21.2. The SMILES string of the molecule is CC1=C2/C=C3\NC(C4=c5[nH]/c(c(C)c5[C@@H](O)[C@@H]4C)=C\c4[nH]c(c(C)c4C)/C=C(\N2)[C@H]1C)[C@@H](C)[C@@H]3C. The molecule has 5 nitrogen and oxygen atoms in total. The molecule has 1 fully saturated rings. The van der Waals surface area contributed by atoms with Gasteiger partial charge >= 0.3 is 0 Å². The van der Waals surface area contributed by atoms with Crippen LogP contribution in [0.2, 0.25) is 0 Å². The Labute approximate surface area is 207 Å². The Morgan fingerprint density at radius 1 is 0.771 bits per heavy atom. The molecule has 1 saturated heterocycles. The average Bonchev–Trinajstić information content (AvgIpc) is 3.52. The van der Waals surface area contributed by atoms with Crippen LogP contribution in [-0.2, 0) is 0 Å². The lowest BCUT2D eigenvalue weighted by Crippen LogP contribution is -2.33. The van der Waals surface area contributed by atoms with Gasteiger partial charge in [-0.05, 0) is 79.7 Å². The van der Waals surface area contributed by atoms with Crippen molar-refractivity contribution in [2.45, 2.75) is 67.5 Å². The first-order valence-electron chi connectivity index (χ1n) is 13.1. The number of fused-ring (bicyclic) bond motifs is 8. The fourth-order valence-electron chi connectivity index (χ4n) is 6.63. The second-order valence-corrected chi connectivity index (χ2v) is 11.4. The van der Waals surface area contributed by atoms with Crippen LogP contribution < -0.4 is 21.3 Å². The van der Waals surface area contributed by atoms with Crippen molar-refractivity contribution >= 4 is 17.7 Å². The molecule has 1 aliphatic carbocycles. The molecule has 0 saturated carbocycles. The van der Waals surface area contributed by atoms with Crippen molar-refractivity contribution in [3.63, 3.8) is 0 Å². The van der Waals surface area contributed by atoms with Gasteiger partial charge in [-0.3, -0.25) is 0 Å². The largest absolute Gasteiger partial charge is 0.388 e. The van der Waals surface area contributed by atoms with E-state index >= 15 is 0 Å². The van der Waals surface area contributed by atoms with Gasteiger partial charge in [0.25, 0.3) is 0 Å². The summed E-state index contributed by atoms with van der Waals surface area (Å²) in [7, 11) is 0. The van der Waals surface area contributed by atoms with Gasteiger partial charge in [0, 0.05) is 62.5 Å². The summed E-state index contributed by atoms with van der Waals surface area (Å²) >= 11 is 0. The molecule has 5 heterocycles. The second-order valence-electron chi connectivity index (χ2n) is 11.4. The maximum Gasteiger partial charge on any atom is 0.0877 e. The topological polar surface area (TPSA) is 75.9 Å². The Morgan fingerprint density at radius 3 is 2.17 bits per heavy atom. The number of aliphatic hydroxyl groups is 1. The number of H-pyrrole nitrogens is 2. The molecule has 6 rings (SSSR count). The molecule has 0 spiro atoms. The summed E-state index contributed by atoms with van der Waals surface area (Å²) in [6.45, 7) is 17.9. The van der Waals surface area contributed by atoms with E-state index in [-0.39, 0.29) is 12.0 Å². The van der Waals surface area contributed by atoms with Gasteiger partial charge in [0.05, 0.1) is 12.1 Å². The molecule has 5 N–H and O–H groups in total. The Hall–Kier alpha value is -2.92. The summed E-state index contributed by atoms with van der Waals surface area (Å²) in [6, 6.07) is 0.191. The standard InChI is InChI=1S/C30H38N4O/c1-12-14(3)22-10-24-16(5)17(6)28(33-24)26-19(8)30(35)27-18(7)25(34-29(26)27)11-23-15(4)13(2)21(32-23)9-20(12)31-22/h9-12,16-17,19,28,30-35H,1-8H3/b20-9-,24-10-,25-11-/t12-,16-,17-,19+,28?,30-/m0/s1. The van der Waals surface area contributed by atoms with Crippen LogP contribution in [-0.4, -0.2) is 21.1 Å². The first-order chi connectivity index (χ1) is 16.6. The monoisotopic (exact) mass is 470 g/mol. The van der Waals surface area contributed by atoms with Crippen molar-refractivity contribution < 1.29 is 5.11 Å². The lowest BCUT2D eigenvalue weighted by molar-refractivity contribution is 0.146. The van der Waals surface area contributed by atoms with Gasteiger partial charge in [-0.15, -0.1) is 0 Å². The molecule has 1 unspecified atom stereocenters. The maximum atomic E-state index is 11.3. The van der Waals surface area contributed by atoms with Gasteiger partial charge in [-0.2, -0.15) is 0 Å². The fourth-order valence-corrected chi connectivity index (χ4v) is 6.63. The van der Waals surface area contributed by atoms with Gasteiger partial charge in [0.2, 0.25) is 0 Å². The van der Waals surface area contributed by atoms with E-state index in [4.69, 9.17) is 0 Å². The summed E-state index contributed by atoms with van der Waals surface area (Å²) in [6.07, 6.45) is 6.35. The molecule has 2 aromatic rings. The molecular formula is C30H38N4O. The summed E-state index contributed by atoms with van der Waals surface area (Å²) in [4.78, 5) is 7.42. The van der Waals surface area contributed by atoms with Gasteiger partial charge < -0.3 is 25.7 Å². The second kappa shape index (κ2) is 7.54. The van der Waals surface area contributed by atoms with Crippen LogP contribution in [0.5, 0.6) is 0 Å². The highest BCUT2D eigenvalue weighted by atomic mass is 16.3. The van der Waals surface area contributed by atoms with E-state index in [2.05, 4.69) is 94.2 Å². The molecule has 6 atom stereocenters. The summed E-state index contributed by atoms with van der Waals surface area (Å²) < 4.78 is 0. The predicted molar refractivity (Wildman–Crippen MR) is 142 cm³/mol. The average molecular weight is 471 g/mol. The minimum Gasteiger partial charge on any atom is -0.388 e. The van der Waals surface area contributed by atoms with E-state index in [0.717, 1.165) is 33.2 Å². The molecule has 3 aliphatic heterocycles. The first-order valence-corrected chi connectivity index (χ1v) is 13.1. The maximum absolute atomic E-state index is 11.3. The van der Waals surface area contributed by atoms with Crippen LogP contribution in [0.25, 0.3) is 17.7 Å². The normalized spacial score (nSPS) is 35.2. The van der Waals surface area contributed by atoms with Crippen molar-refractivity contribution in [3.05, 3.63) is 73.1 Å². The van der Waals surface area contributed by atoms with Gasteiger partial charge in [-0.25, -0.2) is 0 Å². The molecule has 2 aromatic heterocycles. The van der Waals surface area contributed by atoms with E-state index in [1.807, 2.05) is 0 Å². The van der Waals surface area contributed by atoms with E-state index in [1.54, 1.807) is 0 Å². The van der Waals surface area contributed by atoms with Crippen molar-refractivity contribution in [1.29, 1.82) is 0 Å². The molecule has 0 aromatic carbocycles. The Balaban J connectivity index is 1.66. The summed E-state index contributed by atoms with van der Waals surface area (Å²) in [5.74, 6) is 1.25. The Morgan fingerprint density at radius 2 is 1.46 bits per heavy atom. The number of aromatic amines is 2. The van der Waals surface area contributed by atoms with E-state index in [9.17, 15) is 5.11 Å². The van der Waals surface area contributed by atoms with Gasteiger partial charge in [0.1, 0.15) is 0 Å². The minimum absolute atomic E-state index is 0.0792. The molecule has 35 heavy (non-hydrogen) atoms. The molecule has 184 valence electrons. The van der Waals surface area contributed by atoms with Crippen LogP contribution in [0.4, 0.5) is 0 Å². The highest BCUT2D eigenvalue weighted by Crippen LogP contribution is 2.43. The van der Waals surface area contributed by atoms with Crippen molar-refractivity contribution in [2.75, 3.05) is 0 Å². The smallest absolute Gasteiger partial charge is 0.0877 e. The molecule has 8 bridgehead atoms. The van der Waals surface area contributed by atoms with E-state index in [1.165, 1.54) is 39.4 Å². The van der Waals surface area contributed by atoms with E-state index < -0.39 is 6.10 Å². The van der Waals surface area contributed by atoms with Crippen molar-refractivity contribution in [2.24, 2.45) is 23.7 Å². The van der Waals surface area contributed by atoms with Gasteiger partial charge in [-0.1, -0.05) is 27.7 Å². The number of hydrogen-bond donors (Lipinski definition) is 5. The summed E-state index contributed by atoms with van der Waals surface area (Å²) in [5.41, 5.74) is 13.4. The fraction of sp³-hybridized carbons (Fsp3) is 0.467. The lowest BCUT2D eigenvalue weighted by atomic mass is 9.84. The molecule has 0 radical (unpaired) electrons. The Kier molecular flexibility index (Phi) is 4.85. The lowest BCUT2D eigenvalue weighted by Gasteiger charge is -2.24. The Bertz CT molecular complexity index is 1480. The molecular weight excluding hydrogens is 432 g/mol. The zero-order valence-electron chi connectivity index (χ0n) is 22.1. The van der Waals surface area contributed by atoms with Crippen LogP contribution in [0, 0.1) is 44.4 Å². The molecule has 0 amide bonds. The van der Waals surface area contributed by atoms with Crippen LogP contribution >= 0.6 is 0 Å². The highest BCUT2D eigenvalue weighted by molar-refractivity contribution is 5.67. The number of aromatic nitrogens is 2.